The monoisotopic (exact) mass is 222 g/mol. The second kappa shape index (κ2) is 4.59. The van der Waals surface area contributed by atoms with E-state index in [4.69, 9.17) is 4.74 Å². The molecule has 3 heteroatoms. The number of hydrogen-bond acceptors (Lipinski definition) is 2. The van der Waals surface area contributed by atoms with E-state index in [-0.39, 0.29) is 5.25 Å². The summed E-state index contributed by atoms with van der Waals surface area (Å²) in [6, 6.07) is 2.00. The summed E-state index contributed by atoms with van der Waals surface area (Å²) in [6.07, 6.45) is 9.88. The molecule has 0 radical (unpaired) electrons. The summed E-state index contributed by atoms with van der Waals surface area (Å²) >= 11 is 4.37. The molecule has 0 saturated carbocycles. The summed E-state index contributed by atoms with van der Waals surface area (Å²) in [4.78, 5) is 0. The predicted octanol–water partition coefficient (Wildman–Crippen LogP) is 3.41. The van der Waals surface area contributed by atoms with Crippen LogP contribution in [-0.2, 0) is 0 Å². The van der Waals surface area contributed by atoms with Crippen molar-refractivity contribution in [1.29, 1.82) is 0 Å². The van der Waals surface area contributed by atoms with E-state index >= 15 is 0 Å². The van der Waals surface area contributed by atoms with Gasteiger partial charge in [-0.25, -0.2) is 0 Å². The molecular weight excluding hydrogens is 211 g/mol. The van der Waals surface area contributed by atoms with Gasteiger partial charge in [0.05, 0.1) is 0 Å². The molecule has 1 heterocycles. The summed E-state index contributed by atoms with van der Waals surface area (Å²) < 4.78 is 5.67. The number of allylic oxidation sites excluding steroid dienone is 3. The van der Waals surface area contributed by atoms with Crippen molar-refractivity contribution in [2.75, 3.05) is 0 Å². The van der Waals surface area contributed by atoms with Gasteiger partial charge < -0.3 is 4.74 Å². The van der Waals surface area contributed by atoms with Crippen LogP contribution in [0.25, 0.3) is 0 Å². The van der Waals surface area contributed by atoms with E-state index in [1.165, 1.54) is 0 Å². The van der Waals surface area contributed by atoms with Gasteiger partial charge in [-0.3, -0.25) is 0 Å². The molecule has 1 aliphatic carbocycles. The third-order valence-electron chi connectivity index (χ3n) is 1.82. The third kappa shape index (κ3) is 2.57. The van der Waals surface area contributed by atoms with Crippen LogP contribution in [0.2, 0.25) is 0 Å². The highest BCUT2D eigenvalue weighted by molar-refractivity contribution is 7.81. The molecule has 0 saturated heterocycles. The zero-order valence-electron chi connectivity index (χ0n) is 7.55. The van der Waals surface area contributed by atoms with Crippen LogP contribution >= 0.6 is 20.8 Å². The van der Waals surface area contributed by atoms with Crippen molar-refractivity contribution < 1.29 is 4.74 Å². The van der Waals surface area contributed by atoms with Crippen molar-refractivity contribution in [3.63, 3.8) is 0 Å². The number of ether oxygens (including phenoxy) is 1. The molecule has 2 unspecified atom stereocenters. The van der Waals surface area contributed by atoms with Crippen molar-refractivity contribution in [2.45, 2.75) is 5.25 Å². The maximum atomic E-state index is 5.67. The van der Waals surface area contributed by atoms with Crippen LogP contribution < -0.4 is 4.74 Å². The second-order valence-corrected chi connectivity index (χ2v) is 4.50. The van der Waals surface area contributed by atoms with Crippen LogP contribution in [0.15, 0.2) is 53.8 Å². The van der Waals surface area contributed by atoms with Gasteiger partial charge in [0, 0.05) is 5.25 Å². The Morgan fingerprint density at radius 2 is 2.29 bits per heavy atom. The molecule has 1 aromatic heterocycles. The molecular formula is C11H11OPS. The largest absolute Gasteiger partial charge is 0.457 e. The van der Waals surface area contributed by atoms with Crippen LogP contribution in [0.5, 0.6) is 5.75 Å². The molecule has 2 rings (SSSR count). The first kappa shape index (κ1) is 9.70. The first-order valence-electron chi connectivity index (χ1n) is 4.40. The molecule has 1 aliphatic rings. The average molecular weight is 222 g/mol. The Balaban J connectivity index is 2.11. The summed E-state index contributed by atoms with van der Waals surface area (Å²) in [7, 11) is 0.748. The van der Waals surface area contributed by atoms with Gasteiger partial charge >= 0.3 is 0 Å². The maximum Gasteiger partial charge on any atom is 0.131 e. The van der Waals surface area contributed by atoms with Gasteiger partial charge in [-0.2, -0.15) is 12.6 Å². The Bertz CT molecular complexity index is 376. The Hall–Kier alpha value is -0.850. The highest BCUT2D eigenvalue weighted by Gasteiger charge is 2.02. The lowest BCUT2D eigenvalue weighted by Gasteiger charge is -2.04. The minimum Gasteiger partial charge on any atom is -0.457 e. The van der Waals surface area contributed by atoms with Crippen LogP contribution in [0.4, 0.5) is 0 Å². The highest BCUT2D eigenvalue weighted by atomic mass is 32.1. The van der Waals surface area contributed by atoms with Crippen LogP contribution in [0.1, 0.15) is 0 Å². The van der Waals surface area contributed by atoms with Gasteiger partial charge in [0.2, 0.25) is 0 Å². The van der Waals surface area contributed by atoms with E-state index in [0.29, 0.717) is 0 Å². The molecule has 0 aromatic carbocycles. The van der Waals surface area contributed by atoms with Crippen molar-refractivity contribution >= 4 is 20.8 Å². The highest BCUT2D eigenvalue weighted by Crippen LogP contribution is 2.22. The van der Waals surface area contributed by atoms with E-state index in [1.807, 2.05) is 36.4 Å². The SMILES string of the molecule is SC1C=CC=CC(Oc2cc[pH]c2)=C1. The summed E-state index contributed by atoms with van der Waals surface area (Å²) in [5.74, 6) is 5.98. The normalized spacial score (nSPS) is 20.9. The Morgan fingerprint density at radius 3 is 3.07 bits per heavy atom. The molecule has 1 nitrogen and oxygen atoms in total. The Kier molecular flexibility index (Phi) is 3.18. The van der Waals surface area contributed by atoms with Gasteiger partial charge in [0.15, 0.2) is 0 Å². The fourth-order valence-electron chi connectivity index (χ4n) is 1.18. The first-order chi connectivity index (χ1) is 6.84. The summed E-state index contributed by atoms with van der Waals surface area (Å²) in [6.45, 7) is 0. The van der Waals surface area contributed by atoms with Gasteiger partial charge in [-0.15, -0.1) is 8.19 Å². The van der Waals surface area contributed by atoms with Gasteiger partial charge in [0.25, 0.3) is 0 Å². The molecule has 0 amide bonds. The minimum atomic E-state index is 0.133. The number of hydrogen-bond donors (Lipinski definition) is 1. The third-order valence-corrected chi connectivity index (χ3v) is 2.95. The molecule has 0 N–H and O–H groups in total. The van der Waals surface area contributed by atoms with Crippen molar-refractivity contribution in [1.82, 2.24) is 0 Å². The topological polar surface area (TPSA) is 9.23 Å². The zero-order valence-corrected chi connectivity index (χ0v) is 9.45. The summed E-state index contributed by atoms with van der Waals surface area (Å²) in [5.41, 5.74) is 0. The fourth-order valence-corrected chi connectivity index (χ4v) is 2.11. The molecule has 0 aliphatic heterocycles. The van der Waals surface area contributed by atoms with Crippen molar-refractivity contribution in [2.24, 2.45) is 0 Å². The lowest BCUT2D eigenvalue weighted by Crippen LogP contribution is -1.94. The summed E-state index contributed by atoms with van der Waals surface area (Å²) in [5, 5.41) is 0.133. The average Bonchev–Trinajstić information content (AvgIpc) is 2.56. The number of thiol groups is 1. The van der Waals surface area contributed by atoms with Crippen LogP contribution in [-0.4, -0.2) is 5.25 Å². The van der Waals surface area contributed by atoms with Crippen molar-refractivity contribution in [3.8, 4) is 5.75 Å². The zero-order chi connectivity index (χ0) is 9.80. The van der Waals surface area contributed by atoms with E-state index in [9.17, 15) is 0 Å². The molecule has 14 heavy (non-hydrogen) atoms. The fraction of sp³-hybridized carbons (Fsp3) is 0.0909. The second-order valence-electron chi connectivity index (χ2n) is 2.95. The molecule has 0 bridgehead atoms. The van der Waals surface area contributed by atoms with E-state index in [2.05, 4.69) is 24.2 Å². The van der Waals surface area contributed by atoms with Crippen LogP contribution in [0.3, 0.4) is 0 Å². The van der Waals surface area contributed by atoms with Gasteiger partial charge in [-0.05, 0) is 29.8 Å². The number of rotatable bonds is 2. The lowest BCUT2D eigenvalue weighted by atomic mass is 10.3. The van der Waals surface area contributed by atoms with E-state index in [1.54, 1.807) is 0 Å². The van der Waals surface area contributed by atoms with E-state index in [0.717, 1.165) is 19.7 Å². The molecule has 0 spiro atoms. The molecule has 1 aromatic rings. The Morgan fingerprint density at radius 1 is 1.36 bits per heavy atom. The molecule has 72 valence electrons. The first-order valence-corrected chi connectivity index (χ1v) is 6.07. The van der Waals surface area contributed by atoms with Gasteiger partial charge in [-0.1, -0.05) is 18.2 Å². The van der Waals surface area contributed by atoms with Crippen molar-refractivity contribution in [3.05, 3.63) is 53.8 Å². The predicted molar refractivity (Wildman–Crippen MR) is 65.7 cm³/mol. The Labute approximate surface area is 90.7 Å². The van der Waals surface area contributed by atoms with E-state index < -0.39 is 0 Å². The quantitative estimate of drug-likeness (QED) is 0.754. The standard InChI is InChI=1S/C11H11OPS/c14-11-4-2-1-3-9(7-11)12-10-5-6-13-8-10/h1-8,11,13-14H. The smallest absolute Gasteiger partial charge is 0.131 e. The maximum absolute atomic E-state index is 5.67. The molecule has 2 atom stereocenters. The molecule has 0 fully saturated rings. The van der Waals surface area contributed by atoms with Gasteiger partial charge in [0.1, 0.15) is 11.5 Å². The van der Waals surface area contributed by atoms with Crippen LogP contribution in [0, 0.1) is 0 Å². The minimum absolute atomic E-state index is 0.133. The lowest BCUT2D eigenvalue weighted by molar-refractivity contribution is 0.445.